The number of hydrogen-bond acceptors (Lipinski definition) is 6. The van der Waals surface area contributed by atoms with Crippen molar-refractivity contribution in [2.75, 3.05) is 13.1 Å². The number of hydrogen-bond donors (Lipinski definition) is 1. The highest BCUT2D eigenvalue weighted by atomic mass is 35.5. The molecule has 9 heteroatoms. The summed E-state index contributed by atoms with van der Waals surface area (Å²) in [5.41, 5.74) is 2.36. The standard InChI is InChI=1S/C25H20ClN3O3S2/c26-20-7-9-21(10-8-20)33-16-17-3-5-19(6-4-17)23(30)28-12-13-29-24(31)22(34-25(29)32)14-18-2-1-11-27-15-18/h1-11,14-15H,12-13,16H2,(H,28,30)/b22-14-. The van der Waals surface area contributed by atoms with E-state index in [0.717, 1.165) is 38.4 Å². The second-order valence-corrected chi connectivity index (χ2v) is 9.79. The number of rotatable bonds is 8. The van der Waals surface area contributed by atoms with E-state index in [-0.39, 0.29) is 30.1 Å². The van der Waals surface area contributed by atoms with E-state index in [0.29, 0.717) is 15.5 Å². The smallest absolute Gasteiger partial charge is 0.293 e. The zero-order valence-corrected chi connectivity index (χ0v) is 20.3. The quantitative estimate of drug-likeness (QED) is 0.319. The Morgan fingerprint density at radius 1 is 1.09 bits per heavy atom. The van der Waals surface area contributed by atoms with Crippen LogP contribution in [0.25, 0.3) is 6.08 Å². The number of carbonyl (C=O) groups is 3. The van der Waals surface area contributed by atoms with Crippen molar-refractivity contribution in [3.8, 4) is 0 Å². The number of carbonyl (C=O) groups excluding carboxylic acids is 3. The fraction of sp³-hybridized carbons (Fsp3) is 0.120. The number of nitrogens with one attached hydrogen (secondary N) is 1. The van der Waals surface area contributed by atoms with Gasteiger partial charge in [-0.3, -0.25) is 24.3 Å². The van der Waals surface area contributed by atoms with E-state index in [9.17, 15) is 14.4 Å². The monoisotopic (exact) mass is 509 g/mol. The molecule has 34 heavy (non-hydrogen) atoms. The Bertz CT molecular complexity index is 1220. The summed E-state index contributed by atoms with van der Waals surface area (Å²) < 4.78 is 0. The highest BCUT2D eigenvalue weighted by molar-refractivity contribution is 8.18. The molecule has 0 atom stereocenters. The lowest BCUT2D eigenvalue weighted by atomic mass is 10.1. The fourth-order valence-corrected chi connectivity index (χ4v) is 4.98. The van der Waals surface area contributed by atoms with Crippen molar-refractivity contribution >= 4 is 58.3 Å². The van der Waals surface area contributed by atoms with Crippen LogP contribution in [-0.4, -0.2) is 40.0 Å². The number of aromatic nitrogens is 1. The first-order chi connectivity index (χ1) is 16.5. The molecule has 3 aromatic rings. The molecule has 172 valence electrons. The second kappa shape index (κ2) is 11.4. The molecule has 6 nitrogen and oxygen atoms in total. The number of amides is 3. The first-order valence-electron chi connectivity index (χ1n) is 10.4. The SMILES string of the molecule is O=C(NCCN1C(=O)S/C(=C\c2cccnc2)C1=O)c1ccc(CSc2ccc(Cl)cc2)cc1. The van der Waals surface area contributed by atoms with E-state index < -0.39 is 0 Å². The minimum absolute atomic E-state index is 0.108. The van der Waals surface area contributed by atoms with Gasteiger partial charge in [-0.1, -0.05) is 29.8 Å². The molecule has 2 aromatic carbocycles. The van der Waals surface area contributed by atoms with Crippen molar-refractivity contribution in [2.24, 2.45) is 0 Å². The van der Waals surface area contributed by atoms with Crippen molar-refractivity contribution in [2.45, 2.75) is 10.6 Å². The molecule has 0 radical (unpaired) electrons. The van der Waals surface area contributed by atoms with Gasteiger partial charge in [0.25, 0.3) is 17.1 Å². The van der Waals surface area contributed by atoms with Gasteiger partial charge in [0.05, 0.1) is 4.91 Å². The summed E-state index contributed by atoms with van der Waals surface area (Å²) in [6.07, 6.45) is 4.90. The Morgan fingerprint density at radius 3 is 2.56 bits per heavy atom. The molecule has 1 aromatic heterocycles. The summed E-state index contributed by atoms with van der Waals surface area (Å²) in [4.78, 5) is 43.9. The molecule has 0 saturated carbocycles. The van der Waals surface area contributed by atoms with Crippen molar-refractivity contribution in [1.82, 2.24) is 15.2 Å². The predicted octanol–water partition coefficient (Wildman–Crippen LogP) is 5.49. The van der Waals surface area contributed by atoms with Gasteiger partial charge >= 0.3 is 0 Å². The van der Waals surface area contributed by atoms with Gasteiger partial charge in [-0.2, -0.15) is 0 Å². The van der Waals surface area contributed by atoms with E-state index in [1.807, 2.05) is 42.5 Å². The Hall–Kier alpha value is -3.07. The number of thioether (sulfide) groups is 2. The highest BCUT2D eigenvalue weighted by Gasteiger charge is 2.34. The van der Waals surface area contributed by atoms with Gasteiger partial charge < -0.3 is 5.32 Å². The molecule has 3 amide bonds. The van der Waals surface area contributed by atoms with Gasteiger partial charge in [0.1, 0.15) is 0 Å². The van der Waals surface area contributed by atoms with Gasteiger partial charge in [0, 0.05) is 46.7 Å². The topological polar surface area (TPSA) is 79.4 Å². The zero-order chi connectivity index (χ0) is 23.9. The molecule has 0 bridgehead atoms. The lowest BCUT2D eigenvalue weighted by molar-refractivity contribution is -0.122. The van der Waals surface area contributed by atoms with Gasteiger partial charge in [-0.15, -0.1) is 11.8 Å². The van der Waals surface area contributed by atoms with E-state index in [1.165, 1.54) is 0 Å². The van der Waals surface area contributed by atoms with Crippen molar-refractivity contribution in [3.05, 3.63) is 99.7 Å². The number of pyridine rings is 1. The van der Waals surface area contributed by atoms with Crippen LogP contribution in [0.5, 0.6) is 0 Å². The molecule has 2 heterocycles. The van der Waals surface area contributed by atoms with Crippen LogP contribution in [-0.2, 0) is 10.5 Å². The second-order valence-electron chi connectivity index (χ2n) is 7.32. The predicted molar refractivity (Wildman–Crippen MR) is 137 cm³/mol. The Kier molecular flexibility index (Phi) is 8.05. The average molecular weight is 510 g/mol. The molecular weight excluding hydrogens is 490 g/mol. The highest BCUT2D eigenvalue weighted by Crippen LogP contribution is 2.31. The molecule has 1 saturated heterocycles. The van der Waals surface area contributed by atoms with E-state index >= 15 is 0 Å². The van der Waals surface area contributed by atoms with Crippen molar-refractivity contribution in [1.29, 1.82) is 0 Å². The zero-order valence-electron chi connectivity index (χ0n) is 17.9. The number of halogens is 1. The molecule has 1 aliphatic heterocycles. The molecule has 0 unspecified atom stereocenters. The average Bonchev–Trinajstić information content (AvgIpc) is 3.12. The number of imide groups is 1. The number of nitrogens with zero attached hydrogens (tertiary/aromatic N) is 2. The van der Waals surface area contributed by atoms with Gasteiger partial charge in [0.15, 0.2) is 0 Å². The van der Waals surface area contributed by atoms with Gasteiger partial charge in [-0.05, 0) is 71.4 Å². The van der Waals surface area contributed by atoms with Crippen LogP contribution >= 0.6 is 35.1 Å². The summed E-state index contributed by atoms with van der Waals surface area (Å²) in [6, 6.07) is 18.6. The first-order valence-corrected chi connectivity index (χ1v) is 12.6. The number of benzene rings is 2. The van der Waals surface area contributed by atoms with Crippen LogP contribution in [0.15, 0.2) is 82.9 Å². The Balaban J connectivity index is 1.26. The summed E-state index contributed by atoms with van der Waals surface area (Å²) >= 11 is 8.48. The van der Waals surface area contributed by atoms with E-state index in [1.54, 1.807) is 48.4 Å². The van der Waals surface area contributed by atoms with Crippen LogP contribution in [0.1, 0.15) is 21.5 Å². The van der Waals surface area contributed by atoms with Gasteiger partial charge in [-0.25, -0.2) is 0 Å². The minimum Gasteiger partial charge on any atom is -0.350 e. The van der Waals surface area contributed by atoms with Crippen LogP contribution in [0.4, 0.5) is 4.79 Å². The van der Waals surface area contributed by atoms with Crippen LogP contribution in [0.3, 0.4) is 0 Å². The normalized spacial score (nSPS) is 14.6. The summed E-state index contributed by atoms with van der Waals surface area (Å²) in [5.74, 6) is 0.153. The van der Waals surface area contributed by atoms with Crippen molar-refractivity contribution < 1.29 is 14.4 Å². The molecule has 1 fully saturated rings. The Labute approximate surface area is 210 Å². The molecule has 4 rings (SSSR count). The molecule has 0 aliphatic carbocycles. The van der Waals surface area contributed by atoms with Crippen LogP contribution < -0.4 is 5.32 Å². The third kappa shape index (κ3) is 6.28. The maximum atomic E-state index is 12.6. The van der Waals surface area contributed by atoms with E-state index in [2.05, 4.69) is 10.3 Å². The van der Waals surface area contributed by atoms with Crippen LogP contribution in [0, 0.1) is 0 Å². The van der Waals surface area contributed by atoms with E-state index in [4.69, 9.17) is 11.6 Å². The fourth-order valence-electron chi connectivity index (χ4n) is 3.14. The molecule has 1 N–H and O–H groups in total. The third-order valence-corrected chi connectivity index (χ3v) is 7.15. The first kappa shape index (κ1) is 24.1. The molecular formula is C25H20ClN3O3S2. The summed E-state index contributed by atoms with van der Waals surface area (Å²) in [6.45, 7) is 0.280. The van der Waals surface area contributed by atoms with Crippen LogP contribution in [0.2, 0.25) is 5.02 Å². The maximum absolute atomic E-state index is 12.6. The molecule has 0 spiro atoms. The Morgan fingerprint density at radius 2 is 1.85 bits per heavy atom. The lowest BCUT2D eigenvalue weighted by Gasteiger charge is -2.13. The minimum atomic E-state index is -0.365. The van der Waals surface area contributed by atoms with Crippen molar-refractivity contribution in [3.63, 3.8) is 0 Å². The third-order valence-electron chi connectivity index (χ3n) is 4.91. The summed E-state index contributed by atoms with van der Waals surface area (Å²) in [5, 5.41) is 3.13. The largest absolute Gasteiger partial charge is 0.350 e. The summed E-state index contributed by atoms with van der Waals surface area (Å²) in [7, 11) is 0. The molecule has 1 aliphatic rings. The van der Waals surface area contributed by atoms with Gasteiger partial charge in [0.2, 0.25) is 0 Å². The maximum Gasteiger partial charge on any atom is 0.293 e. The lowest BCUT2D eigenvalue weighted by Crippen LogP contribution is -2.37.